The Morgan fingerprint density at radius 2 is 2.15 bits per heavy atom. The molecule has 3 aliphatic carbocycles. The van der Waals surface area contributed by atoms with Crippen molar-refractivity contribution in [3.63, 3.8) is 0 Å². The van der Waals surface area contributed by atoms with Gasteiger partial charge in [-0.15, -0.1) is 6.58 Å². The minimum atomic E-state index is 0.373. The molecule has 70 valence electrons. The average molecular weight is 176 g/mol. The van der Waals surface area contributed by atoms with Crippen molar-refractivity contribution < 1.29 is 4.79 Å². The molecule has 3 rings (SSSR count). The summed E-state index contributed by atoms with van der Waals surface area (Å²) in [6.07, 6.45) is 6.94. The summed E-state index contributed by atoms with van der Waals surface area (Å²) < 4.78 is 0. The van der Waals surface area contributed by atoms with Crippen molar-refractivity contribution in [3.05, 3.63) is 12.7 Å². The highest BCUT2D eigenvalue weighted by atomic mass is 16.1. The van der Waals surface area contributed by atoms with E-state index in [0.29, 0.717) is 17.6 Å². The molecule has 0 aliphatic heterocycles. The average Bonchev–Trinajstić information content (AvgIpc) is 2.70. The van der Waals surface area contributed by atoms with Gasteiger partial charge in [0.15, 0.2) is 0 Å². The van der Waals surface area contributed by atoms with E-state index in [1.165, 1.54) is 19.3 Å². The normalized spacial score (nSPS) is 51.7. The summed E-state index contributed by atoms with van der Waals surface area (Å²) in [4.78, 5) is 11.8. The van der Waals surface area contributed by atoms with Crippen LogP contribution in [0.5, 0.6) is 0 Å². The minimum absolute atomic E-state index is 0.373. The first-order chi connectivity index (χ1) is 6.33. The maximum Gasteiger partial charge on any atom is 0.140 e. The Morgan fingerprint density at radius 3 is 2.92 bits per heavy atom. The molecule has 0 saturated heterocycles. The summed E-state index contributed by atoms with van der Waals surface area (Å²) in [6.45, 7) is 3.74. The summed E-state index contributed by atoms with van der Waals surface area (Å²) in [5.41, 5.74) is 0. The fourth-order valence-corrected chi connectivity index (χ4v) is 4.11. The van der Waals surface area contributed by atoms with Crippen LogP contribution in [0.15, 0.2) is 12.7 Å². The van der Waals surface area contributed by atoms with Gasteiger partial charge < -0.3 is 0 Å². The number of hydrogen-bond acceptors (Lipinski definition) is 1. The lowest BCUT2D eigenvalue weighted by atomic mass is 9.57. The van der Waals surface area contributed by atoms with Crippen molar-refractivity contribution >= 4 is 5.78 Å². The second kappa shape index (κ2) is 2.46. The van der Waals surface area contributed by atoms with E-state index in [4.69, 9.17) is 0 Å². The molecule has 3 saturated carbocycles. The van der Waals surface area contributed by atoms with Gasteiger partial charge >= 0.3 is 0 Å². The maximum atomic E-state index is 11.8. The van der Waals surface area contributed by atoms with E-state index in [9.17, 15) is 4.79 Å². The van der Waals surface area contributed by atoms with Gasteiger partial charge in [-0.1, -0.05) is 6.08 Å². The van der Waals surface area contributed by atoms with Gasteiger partial charge in [0.1, 0.15) is 5.78 Å². The van der Waals surface area contributed by atoms with Gasteiger partial charge in [-0.2, -0.15) is 0 Å². The first-order valence-corrected chi connectivity index (χ1v) is 5.47. The second-order valence-electron chi connectivity index (χ2n) is 4.97. The van der Waals surface area contributed by atoms with Crippen LogP contribution in [0.25, 0.3) is 0 Å². The monoisotopic (exact) mass is 176 g/mol. The number of fused-ring (bicyclic) bond motifs is 5. The third kappa shape index (κ3) is 0.806. The molecule has 3 fully saturated rings. The molecule has 0 spiro atoms. The summed E-state index contributed by atoms with van der Waals surface area (Å²) in [7, 11) is 0. The summed E-state index contributed by atoms with van der Waals surface area (Å²) >= 11 is 0. The Kier molecular flexibility index (Phi) is 1.47. The number of hydrogen-bond donors (Lipinski definition) is 0. The van der Waals surface area contributed by atoms with Crippen molar-refractivity contribution in [1.82, 2.24) is 0 Å². The standard InChI is InChI=1S/C12H16O/c1-2-3-9-10-7-4-5-8(6-7)11(10)12(9)13/h2,7-11H,1,3-6H2. The van der Waals surface area contributed by atoms with Gasteiger partial charge in [0, 0.05) is 11.8 Å². The molecule has 5 atom stereocenters. The topological polar surface area (TPSA) is 17.1 Å². The predicted octanol–water partition coefficient (Wildman–Crippen LogP) is 2.42. The lowest BCUT2D eigenvalue weighted by Crippen LogP contribution is -2.50. The van der Waals surface area contributed by atoms with E-state index < -0.39 is 0 Å². The smallest absolute Gasteiger partial charge is 0.140 e. The van der Waals surface area contributed by atoms with Gasteiger partial charge in [-0.25, -0.2) is 0 Å². The zero-order valence-corrected chi connectivity index (χ0v) is 7.91. The van der Waals surface area contributed by atoms with Crippen LogP contribution in [0.1, 0.15) is 25.7 Å². The Labute approximate surface area is 79.2 Å². The molecule has 1 heteroatoms. The van der Waals surface area contributed by atoms with Crippen LogP contribution in [0, 0.1) is 29.6 Å². The fourth-order valence-electron chi connectivity index (χ4n) is 4.11. The van der Waals surface area contributed by atoms with Crippen LogP contribution in [-0.4, -0.2) is 5.78 Å². The molecule has 0 amide bonds. The molecule has 0 heterocycles. The first-order valence-electron chi connectivity index (χ1n) is 5.47. The van der Waals surface area contributed by atoms with Gasteiger partial charge in [0.2, 0.25) is 0 Å². The van der Waals surface area contributed by atoms with Crippen LogP contribution < -0.4 is 0 Å². The molecule has 0 aromatic rings. The molecule has 0 radical (unpaired) electrons. The van der Waals surface area contributed by atoms with Gasteiger partial charge in [0.05, 0.1) is 0 Å². The lowest BCUT2D eigenvalue weighted by molar-refractivity contribution is -0.146. The molecule has 0 aromatic heterocycles. The van der Waals surface area contributed by atoms with Crippen molar-refractivity contribution in [2.75, 3.05) is 0 Å². The molecule has 13 heavy (non-hydrogen) atoms. The van der Waals surface area contributed by atoms with E-state index in [0.717, 1.165) is 24.2 Å². The number of Topliss-reactive ketones (excluding diaryl/α,β-unsaturated/α-hetero) is 1. The second-order valence-corrected chi connectivity index (χ2v) is 4.97. The van der Waals surface area contributed by atoms with E-state index in [-0.39, 0.29) is 0 Å². The van der Waals surface area contributed by atoms with E-state index in [1.807, 2.05) is 6.08 Å². The molecule has 0 aromatic carbocycles. The van der Waals surface area contributed by atoms with Crippen molar-refractivity contribution in [3.8, 4) is 0 Å². The predicted molar refractivity (Wildman–Crippen MR) is 51.1 cm³/mol. The molecule has 5 unspecified atom stereocenters. The highest BCUT2D eigenvalue weighted by molar-refractivity contribution is 5.91. The van der Waals surface area contributed by atoms with E-state index in [1.54, 1.807) is 0 Å². The fraction of sp³-hybridized carbons (Fsp3) is 0.750. The number of ketones is 1. The largest absolute Gasteiger partial charge is 0.299 e. The SMILES string of the molecule is C=CCC1C(=O)C2C3CCC(C3)C12. The molecular formula is C12H16O. The van der Waals surface area contributed by atoms with Crippen molar-refractivity contribution in [1.29, 1.82) is 0 Å². The van der Waals surface area contributed by atoms with Crippen molar-refractivity contribution in [2.24, 2.45) is 29.6 Å². The molecule has 1 nitrogen and oxygen atoms in total. The first kappa shape index (κ1) is 7.78. The van der Waals surface area contributed by atoms with Crippen LogP contribution >= 0.6 is 0 Å². The molecule has 2 bridgehead atoms. The third-order valence-corrected chi connectivity index (χ3v) is 4.56. The van der Waals surface area contributed by atoms with Gasteiger partial charge in [0.25, 0.3) is 0 Å². The number of carbonyl (C=O) groups excluding carboxylic acids is 1. The zero-order chi connectivity index (χ0) is 9.00. The lowest BCUT2D eigenvalue weighted by Gasteiger charge is -2.45. The van der Waals surface area contributed by atoms with Crippen LogP contribution in [0.2, 0.25) is 0 Å². The van der Waals surface area contributed by atoms with E-state index >= 15 is 0 Å². The van der Waals surface area contributed by atoms with Crippen LogP contribution in [0.3, 0.4) is 0 Å². The summed E-state index contributed by atoms with van der Waals surface area (Å²) in [6, 6.07) is 0. The van der Waals surface area contributed by atoms with Crippen LogP contribution in [0.4, 0.5) is 0 Å². The van der Waals surface area contributed by atoms with E-state index in [2.05, 4.69) is 6.58 Å². The maximum absolute atomic E-state index is 11.8. The Balaban J connectivity index is 1.83. The van der Waals surface area contributed by atoms with Gasteiger partial charge in [-0.3, -0.25) is 4.79 Å². The molecule has 0 N–H and O–H groups in total. The molecular weight excluding hydrogens is 160 g/mol. The highest BCUT2D eigenvalue weighted by Gasteiger charge is 2.61. The summed E-state index contributed by atoms with van der Waals surface area (Å²) in [5.74, 6) is 3.88. The molecule has 3 aliphatic rings. The number of allylic oxidation sites excluding steroid dienone is 1. The van der Waals surface area contributed by atoms with Gasteiger partial charge in [-0.05, 0) is 43.4 Å². The van der Waals surface area contributed by atoms with Crippen molar-refractivity contribution in [2.45, 2.75) is 25.7 Å². The number of rotatable bonds is 2. The number of carbonyl (C=O) groups is 1. The zero-order valence-electron chi connectivity index (χ0n) is 7.91. The summed E-state index contributed by atoms with van der Waals surface area (Å²) in [5, 5.41) is 0. The van der Waals surface area contributed by atoms with Crippen LogP contribution in [-0.2, 0) is 4.79 Å². The third-order valence-electron chi connectivity index (χ3n) is 4.56. The quantitative estimate of drug-likeness (QED) is 0.590. The Bertz CT molecular complexity index is 268. The Hall–Kier alpha value is -0.590. The Morgan fingerprint density at radius 1 is 1.38 bits per heavy atom. The highest BCUT2D eigenvalue weighted by Crippen LogP contribution is 2.62. The minimum Gasteiger partial charge on any atom is -0.299 e.